The standard InChI is InChI=1S/C18H13ClN4O3S/c19-12-3-1-2-11(8-12)18(24)20-17-15-9-27-10-16(15)21-22(17)13-4-6-14(7-5-13)23(25)26/h1-8H,9-10H2,(H,20,24). The van der Waals surface area contributed by atoms with E-state index in [9.17, 15) is 14.9 Å². The second-order valence-corrected chi connectivity index (χ2v) is 7.34. The third kappa shape index (κ3) is 3.41. The molecule has 7 nitrogen and oxygen atoms in total. The van der Waals surface area contributed by atoms with Crippen LogP contribution in [-0.4, -0.2) is 20.6 Å². The van der Waals surface area contributed by atoms with Gasteiger partial charge >= 0.3 is 0 Å². The van der Waals surface area contributed by atoms with Crippen molar-refractivity contribution in [2.24, 2.45) is 0 Å². The molecule has 0 aliphatic carbocycles. The van der Waals surface area contributed by atoms with Gasteiger partial charge in [0, 0.05) is 39.8 Å². The van der Waals surface area contributed by atoms with Crippen molar-refractivity contribution < 1.29 is 9.72 Å². The van der Waals surface area contributed by atoms with Crippen molar-refractivity contribution in [2.45, 2.75) is 11.5 Å². The number of carbonyl (C=O) groups excluding carboxylic acids is 1. The first-order chi connectivity index (χ1) is 13.0. The monoisotopic (exact) mass is 400 g/mol. The molecule has 3 aromatic rings. The number of aromatic nitrogens is 2. The molecule has 0 unspecified atom stereocenters. The van der Waals surface area contributed by atoms with Gasteiger partial charge in [0.25, 0.3) is 11.6 Å². The van der Waals surface area contributed by atoms with Crippen molar-refractivity contribution in [3.63, 3.8) is 0 Å². The van der Waals surface area contributed by atoms with Crippen LogP contribution in [-0.2, 0) is 11.5 Å². The average Bonchev–Trinajstić information content (AvgIpc) is 3.24. The van der Waals surface area contributed by atoms with Crippen molar-refractivity contribution in [1.82, 2.24) is 9.78 Å². The summed E-state index contributed by atoms with van der Waals surface area (Å²) in [7, 11) is 0. The molecule has 0 atom stereocenters. The first kappa shape index (κ1) is 17.6. The summed E-state index contributed by atoms with van der Waals surface area (Å²) >= 11 is 7.70. The number of thioether (sulfide) groups is 1. The van der Waals surface area contributed by atoms with Crippen molar-refractivity contribution in [3.05, 3.63) is 80.5 Å². The second-order valence-electron chi connectivity index (χ2n) is 5.92. The molecule has 0 saturated carbocycles. The Morgan fingerprint density at radius 3 is 2.70 bits per heavy atom. The zero-order valence-electron chi connectivity index (χ0n) is 13.9. The summed E-state index contributed by atoms with van der Waals surface area (Å²) in [6, 6.07) is 12.8. The number of carbonyl (C=O) groups is 1. The summed E-state index contributed by atoms with van der Waals surface area (Å²) in [5.41, 5.74) is 2.95. The van der Waals surface area contributed by atoms with E-state index in [0.29, 0.717) is 22.1 Å². The highest BCUT2D eigenvalue weighted by atomic mass is 35.5. The van der Waals surface area contributed by atoms with Gasteiger partial charge < -0.3 is 5.32 Å². The Labute approximate surface area is 163 Å². The first-order valence-corrected chi connectivity index (χ1v) is 9.56. The molecule has 2 heterocycles. The normalized spacial score (nSPS) is 12.6. The van der Waals surface area contributed by atoms with E-state index in [1.165, 1.54) is 12.1 Å². The van der Waals surface area contributed by atoms with Crippen LogP contribution in [0.4, 0.5) is 11.5 Å². The van der Waals surface area contributed by atoms with Crippen LogP contribution >= 0.6 is 23.4 Å². The molecule has 1 N–H and O–H groups in total. The van der Waals surface area contributed by atoms with Crippen LogP contribution in [0.3, 0.4) is 0 Å². The van der Waals surface area contributed by atoms with Gasteiger partial charge in [-0.15, -0.1) is 0 Å². The van der Waals surface area contributed by atoms with Gasteiger partial charge in [0.1, 0.15) is 5.82 Å². The van der Waals surface area contributed by atoms with E-state index in [-0.39, 0.29) is 11.6 Å². The maximum Gasteiger partial charge on any atom is 0.269 e. The molecule has 0 saturated heterocycles. The summed E-state index contributed by atoms with van der Waals surface area (Å²) < 4.78 is 1.62. The summed E-state index contributed by atoms with van der Waals surface area (Å²) in [4.78, 5) is 23.1. The lowest BCUT2D eigenvalue weighted by atomic mass is 10.2. The Bertz CT molecular complexity index is 1050. The van der Waals surface area contributed by atoms with Crippen LogP contribution in [0, 0.1) is 10.1 Å². The molecule has 0 spiro atoms. The minimum Gasteiger partial charge on any atom is -0.306 e. The van der Waals surface area contributed by atoms with Gasteiger partial charge in [0.2, 0.25) is 0 Å². The van der Waals surface area contributed by atoms with Crippen molar-refractivity contribution in [1.29, 1.82) is 0 Å². The summed E-state index contributed by atoms with van der Waals surface area (Å²) in [6.07, 6.45) is 0. The average molecular weight is 401 g/mol. The minimum atomic E-state index is -0.453. The number of nitrogens with one attached hydrogen (secondary N) is 1. The molecule has 0 radical (unpaired) electrons. The lowest BCUT2D eigenvalue weighted by Crippen LogP contribution is -2.16. The highest BCUT2D eigenvalue weighted by Gasteiger charge is 2.25. The van der Waals surface area contributed by atoms with Crippen LogP contribution in [0.5, 0.6) is 0 Å². The lowest BCUT2D eigenvalue weighted by Gasteiger charge is -2.11. The fourth-order valence-electron chi connectivity index (χ4n) is 2.85. The highest BCUT2D eigenvalue weighted by Crippen LogP contribution is 2.36. The number of hydrogen-bond donors (Lipinski definition) is 1. The number of non-ortho nitro benzene ring substituents is 1. The van der Waals surface area contributed by atoms with Gasteiger partial charge in [0.15, 0.2) is 0 Å². The molecule has 27 heavy (non-hydrogen) atoms. The van der Waals surface area contributed by atoms with Crippen LogP contribution in [0.15, 0.2) is 48.5 Å². The molecular formula is C18H13ClN4O3S. The van der Waals surface area contributed by atoms with Crippen molar-refractivity contribution >= 4 is 40.8 Å². The van der Waals surface area contributed by atoms with E-state index in [2.05, 4.69) is 10.4 Å². The molecule has 1 aromatic heterocycles. The third-order valence-corrected chi connectivity index (χ3v) is 5.38. The molecular weight excluding hydrogens is 388 g/mol. The number of fused-ring (bicyclic) bond motifs is 1. The Kier molecular flexibility index (Phi) is 4.59. The predicted octanol–water partition coefficient (Wildman–Crippen LogP) is 4.43. The van der Waals surface area contributed by atoms with E-state index in [0.717, 1.165) is 22.8 Å². The summed E-state index contributed by atoms with van der Waals surface area (Å²) in [6.45, 7) is 0. The van der Waals surface area contributed by atoms with E-state index in [1.54, 1.807) is 52.8 Å². The lowest BCUT2D eigenvalue weighted by molar-refractivity contribution is -0.384. The Hall–Kier alpha value is -2.84. The van der Waals surface area contributed by atoms with E-state index in [4.69, 9.17) is 11.6 Å². The van der Waals surface area contributed by atoms with E-state index >= 15 is 0 Å². The summed E-state index contributed by atoms with van der Waals surface area (Å²) in [5, 5.41) is 18.9. The van der Waals surface area contributed by atoms with Crippen LogP contribution in [0.25, 0.3) is 5.69 Å². The Morgan fingerprint density at radius 1 is 1.22 bits per heavy atom. The number of nitro benzene ring substituents is 1. The second kappa shape index (κ2) is 7.05. The Morgan fingerprint density at radius 2 is 2.00 bits per heavy atom. The molecule has 2 aromatic carbocycles. The quantitative estimate of drug-likeness (QED) is 0.516. The van der Waals surface area contributed by atoms with Gasteiger partial charge in [-0.2, -0.15) is 16.9 Å². The van der Waals surface area contributed by atoms with E-state index < -0.39 is 4.92 Å². The number of halogens is 1. The predicted molar refractivity (Wildman–Crippen MR) is 105 cm³/mol. The smallest absolute Gasteiger partial charge is 0.269 e. The number of amides is 1. The van der Waals surface area contributed by atoms with Gasteiger partial charge in [0.05, 0.1) is 16.3 Å². The van der Waals surface area contributed by atoms with Gasteiger partial charge in [-0.25, -0.2) is 4.68 Å². The molecule has 136 valence electrons. The number of hydrogen-bond acceptors (Lipinski definition) is 5. The first-order valence-electron chi connectivity index (χ1n) is 8.03. The fourth-order valence-corrected chi connectivity index (χ4v) is 4.08. The van der Waals surface area contributed by atoms with Crippen LogP contribution in [0.2, 0.25) is 5.02 Å². The van der Waals surface area contributed by atoms with Gasteiger partial charge in [-0.05, 0) is 30.3 Å². The van der Waals surface area contributed by atoms with Crippen molar-refractivity contribution in [2.75, 3.05) is 5.32 Å². The zero-order valence-corrected chi connectivity index (χ0v) is 15.5. The molecule has 1 aliphatic rings. The van der Waals surface area contributed by atoms with Crippen LogP contribution in [0.1, 0.15) is 21.6 Å². The molecule has 0 fully saturated rings. The molecule has 1 aliphatic heterocycles. The number of benzene rings is 2. The van der Waals surface area contributed by atoms with Gasteiger partial charge in [-0.3, -0.25) is 14.9 Å². The molecule has 9 heteroatoms. The molecule has 4 rings (SSSR count). The topological polar surface area (TPSA) is 90.1 Å². The van der Waals surface area contributed by atoms with Gasteiger partial charge in [-0.1, -0.05) is 17.7 Å². The maximum absolute atomic E-state index is 12.7. The maximum atomic E-state index is 12.7. The largest absolute Gasteiger partial charge is 0.306 e. The fraction of sp³-hybridized carbons (Fsp3) is 0.111. The molecule has 0 bridgehead atoms. The SMILES string of the molecule is O=C(Nc1c2c(nn1-c1ccc([N+](=O)[O-])cc1)CSC2)c1cccc(Cl)c1. The number of rotatable bonds is 4. The number of nitro groups is 1. The number of anilines is 1. The highest BCUT2D eigenvalue weighted by molar-refractivity contribution is 7.98. The molecule has 1 amide bonds. The number of nitrogens with zero attached hydrogens (tertiary/aromatic N) is 3. The Balaban J connectivity index is 1.71. The van der Waals surface area contributed by atoms with E-state index in [1.807, 2.05) is 0 Å². The van der Waals surface area contributed by atoms with Crippen LogP contribution < -0.4 is 5.32 Å². The zero-order chi connectivity index (χ0) is 19.0. The minimum absolute atomic E-state index is 0.00137. The summed E-state index contributed by atoms with van der Waals surface area (Å²) in [5.74, 6) is 1.79. The van der Waals surface area contributed by atoms with Crippen molar-refractivity contribution in [3.8, 4) is 5.69 Å². The third-order valence-electron chi connectivity index (χ3n) is 4.18.